The van der Waals surface area contributed by atoms with E-state index in [4.69, 9.17) is 9.84 Å². The molecule has 3 heterocycles. The van der Waals surface area contributed by atoms with Gasteiger partial charge in [0.1, 0.15) is 12.3 Å². The third kappa shape index (κ3) is 4.33. The van der Waals surface area contributed by atoms with E-state index >= 15 is 0 Å². The molecule has 3 amide bonds. The number of aryl methyl sites for hydroxylation is 1. The maximum atomic E-state index is 13.7. The summed E-state index contributed by atoms with van der Waals surface area (Å²) < 4.78 is 5.29. The van der Waals surface area contributed by atoms with E-state index < -0.39 is 23.9 Å². The van der Waals surface area contributed by atoms with Crippen LogP contribution < -0.4 is 9.64 Å². The molecule has 3 aliphatic rings. The lowest BCUT2D eigenvalue weighted by Crippen LogP contribution is -2.44. The van der Waals surface area contributed by atoms with E-state index in [-0.39, 0.29) is 18.5 Å². The Morgan fingerprint density at radius 1 is 0.949 bits per heavy atom. The van der Waals surface area contributed by atoms with Crippen molar-refractivity contribution in [1.82, 2.24) is 10.0 Å². The third-order valence-electron chi connectivity index (χ3n) is 7.22. The zero-order valence-electron chi connectivity index (χ0n) is 21.5. The van der Waals surface area contributed by atoms with Gasteiger partial charge in [0.2, 0.25) is 0 Å². The van der Waals surface area contributed by atoms with Gasteiger partial charge in [-0.15, -0.1) is 0 Å². The van der Waals surface area contributed by atoms with Gasteiger partial charge in [0.25, 0.3) is 17.7 Å². The van der Waals surface area contributed by atoms with Crippen molar-refractivity contribution in [1.29, 1.82) is 0 Å². The summed E-state index contributed by atoms with van der Waals surface area (Å²) in [6.45, 7) is 1.77. The second-order valence-corrected chi connectivity index (χ2v) is 9.68. The number of para-hydroxylation sites is 1. The number of anilines is 1. The number of carbonyl (C=O) groups is 3. The largest absolute Gasteiger partial charge is 0.497 e. The molecule has 6 rings (SSSR count). The zero-order chi connectivity index (χ0) is 27.1. The number of benzene rings is 3. The van der Waals surface area contributed by atoms with Gasteiger partial charge in [0.05, 0.1) is 24.6 Å². The van der Waals surface area contributed by atoms with Crippen LogP contribution in [0.1, 0.15) is 29.2 Å². The summed E-state index contributed by atoms with van der Waals surface area (Å²) in [4.78, 5) is 41.1. The van der Waals surface area contributed by atoms with E-state index in [9.17, 15) is 14.4 Å². The fraction of sp³-hybridized carbons (Fsp3) is 0.241. The Balaban J connectivity index is 1.26. The lowest BCUT2D eigenvalue weighted by molar-refractivity contribution is -0.135. The summed E-state index contributed by atoms with van der Waals surface area (Å²) in [6.07, 6.45) is 0.522. The fourth-order valence-electron chi connectivity index (χ4n) is 5.14. The average molecular weight is 523 g/mol. The van der Waals surface area contributed by atoms with Crippen LogP contribution in [0.5, 0.6) is 5.75 Å². The molecule has 0 aromatic heterocycles. The minimum Gasteiger partial charge on any atom is -0.497 e. The van der Waals surface area contributed by atoms with Crippen molar-refractivity contribution in [3.8, 4) is 5.75 Å². The number of hydrazone groups is 1. The third-order valence-corrected chi connectivity index (χ3v) is 7.22. The molecule has 3 aromatic carbocycles. The van der Waals surface area contributed by atoms with Crippen LogP contribution in [-0.4, -0.2) is 59.2 Å². The monoisotopic (exact) mass is 522 g/mol. The van der Waals surface area contributed by atoms with E-state index in [0.29, 0.717) is 17.9 Å². The molecule has 0 N–H and O–H groups in total. The number of ether oxygens (including phenoxy) is 1. The molecule has 0 radical (unpaired) electrons. The average Bonchev–Trinajstić information content (AvgIpc) is 3.65. The van der Waals surface area contributed by atoms with Gasteiger partial charge in [-0.2, -0.15) is 10.2 Å². The summed E-state index contributed by atoms with van der Waals surface area (Å²) in [5, 5.41) is 15.6. The Morgan fingerprint density at radius 2 is 1.67 bits per heavy atom. The highest BCUT2D eigenvalue weighted by Gasteiger charge is 2.55. The molecule has 10 nitrogen and oxygen atoms in total. The highest BCUT2D eigenvalue weighted by molar-refractivity contribution is 6.25. The molecule has 10 heteroatoms. The van der Waals surface area contributed by atoms with Gasteiger partial charge in [0, 0.05) is 6.42 Å². The van der Waals surface area contributed by atoms with E-state index in [1.165, 1.54) is 10.0 Å². The number of hydrogen-bond donors (Lipinski definition) is 0. The van der Waals surface area contributed by atoms with Gasteiger partial charge < -0.3 is 4.74 Å². The molecule has 0 bridgehead atoms. The molecule has 0 unspecified atom stereocenters. The van der Waals surface area contributed by atoms with Crippen LogP contribution >= 0.6 is 0 Å². The molecular formula is C29H26N6O4. The first kappa shape index (κ1) is 24.5. The van der Waals surface area contributed by atoms with Crippen LogP contribution in [0.3, 0.4) is 0 Å². The molecule has 1 fully saturated rings. The summed E-state index contributed by atoms with van der Waals surface area (Å²) in [6, 6.07) is 21.9. The first-order chi connectivity index (χ1) is 18.9. The van der Waals surface area contributed by atoms with Crippen molar-refractivity contribution >= 4 is 29.1 Å². The summed E-state index contributed by atoms with van der Waals surface area (Å²) in [5.74, 6) is -0.543. The number of imide groups is 1. The van der Waals surface area contributed by atoms with Crippen molar-refractivity contribution in [2.45, 2.75) is 31.5 Å². The van der Waals surface area contributed by atoms with Crippen molar-refractivity contribution in [2.24, 2.45) is 15.4 Å². The maximum absolute atomic E-state index is 13.7. The van der Waals surface area contributed by atoms with Crippen LogP contribution in [0.25, 0.3) is 0 Å². The van der Waals surface area contributed by atoms with Crippen LogP contribution in [0, 0.1) is 6.92 Å². The molecule has 1 saturated heterocycles. The predicted molar refractivity (Wildman–Crippen MR) is 143 cm³/mol. The van der Waals surface area contributed by atoms with E-state index in [2.05, 4.69) is 10.3 Å². The van der Waals surface area contributed by atoms with E-state index in [0.717, 1.165) is 27.3 Å². The Labute approximate surface area is 225 Å². The molecule has 196 valence electrons. The van der Waals surface area contributed by atoms with Gasteiger partial charge >= 0.3 is 0 Å². The predicted octanol–water partition coefficient (Wildman–Crippen LogP) is 3.67. The Bertz CT molecular complexity index is 1490. The SMILES string of the molecule is COc1ccc([C@@H]2CC(c3ccc(C)cc3)=NN2C(=O)CN2N=N[C@H]3C(=O)N(c4ccccc4)C(=O)[C@@H]32)cc1. The highest BCUT2D eigenvalue weighted by atomic mass is 16.5. The van der Waals surface area contributed by atoms with Gasteiger partial charge in [0.15, 0.2) is 12.1 Å². The van der Waals surface area contributed by atoms with Crippen molar-refractivity contribution in [2.75, 3.05) is 18.6 Å². The van der Waals surface area contributed by atoms with E-state index in [1.807, 2.05) is 55.5 Å². The number of hydrogen-bond acceptors (Lipinski definition) is 8. The number of nitrogens with zero attached hydrogens (tertiary/aromatic N) is 6. The van der Waals surface area contributed by atoms with Gasteiger partial charge in [-0.1, -0.05) is 65.4 Å². The normalized spacial score (nSPS) is 21.9. The number of fused-ring (bicyclic) bond motifs is 1. The van der Waals surface area contributed by atoms with Crippen LogP contribution in [0.15, 0.2) is 94.3 Å². The summed E-state index contributed by atoms with van der Waals surface area (Å²) >= 11 is 0. The Hall–Kier alpha value is -4.86. The van der Waals surface area contributed by atoms with Gasteiger partial charge in [-0.05, 0) is 42.3 Å². The number of carbonyl (C=O) groups excluding carboxylic acids is 3. The first-order valence-corrected chi connectivity index (χ1v) is 12.7. The molecule has 3 aromatic rings. The van der Waals surface area contributed by atoms with Crippen LogP contribution in [0.2, 0.25) is 0 Å². The Morgan fingerprint density at radius 3 is 2.36 bits per heavy atom. The molecule has 3 atom stereocenters. The number of rotatable bonds is 6. The van der Waals surface area contributed by atoms with Gasteiger partial charge in [-0.25, -0.2) is 9.91 Å². The van der Waals surface area contributed by atoms with Crippen molar-refractivity contribution in [3.05, 3.63) is 95.6 Å². The smallest absolute Gasteiger partial charge is 0.264 e. The molecule has 0 spiro atoms. The number of methoxy groups -OCH3 is 1. The summed E-state index contributed by atoms with van der Waals surface area (Å²) in [7, 11) is 1.60. The molecule has 0 aliphatic carbocycles. The van der Waals surface area contributed by atoms with Crippen molar-refractivity contribution < 1.29 is 19.1 Å². The standard InChI is InChI=1S/C29H26N6O4/c1-18-8-10-19(11-9-18)23-16-24(20-12-14-22(39-2)15-13-20)35(31-23)25(36)17-33-27-26(30-32-33)28(37)34(29(27)38)21-6-4-3-5-7-21/h3-15,24,26-27H,16-17H2,1-2H3/t24-,26+,27+/m0/s1. The topological polar surface area (TPSA) is 107 Å². The number of amides is 3. The van der Waals surface area contributed by atoms with E-state index in [1.54, 1.807) is 37.4 Å². The first-order valence-electron chi connectivity index (χ1n) is 12.7. The van der Waals surface area contributed by atoms with Gasteiger partial charge in [-0.3, -0.25) is 19.4 Å². The molecule has 3 aliphatic heterocycles. The second kappa shape index (κ2) is 9.79. The Kier molecular flexibility index (Phi) is 6.14. The minimum absolute atomic E-state index is 0.246. The highest BCUT2D eigenvalue weighted by Crippen LogP contribution is 2.35. The zero-order valence-corrected chi connectivity index (χ0v) is 21.5. The van der Waals surface area contributed by atoms with Crippen LogP contribution in [0.4, 0.5) is 5.69 Å². The van der Waals surface area contributed by atoms with Crippen LogP contribution in [-0.2, 0) is 14.4 Å². The summed E-state index contributed by atoms with van der Waals surface area (Å²) in [5.41, 5.74) is 4.22. The fourth-order valence-corrected chi connectivity index (χ4v) is 5.14. The quantitative estimate of drug-likeness (QED) is 0.459. The lowest BCUT2D eigenvalue weighted by atomic mass is 9.98. The molecule has 39 heavy (non-hydrogen) atoms. The minimum atomic E-state index is -0.979. The molecule has 0 saturated carbocycles. The second-order valence-electron chi connectivity index (χ2n) is 9.68. The lowest BCUT2D eigenvalue weighted by Gasteiger charge is -2.25. The molecular weight excluding hydrogens is 496 g/mol. The maximum Gasteiger partial charge on any atom is 0.264 e. The van der Waals surface area contributed by atoms with Crippen molar-refractivity contribution in [3.63, 3.8) is 0 Å².